The van der Waals surface area contributed by atoms with Crippen molar-refractivity contribution in [3.63, 3.8) is 0 Å². The maximum Gasteiger partial charge on any atom is 7.00 e. The van der Waals surface area contributed by atoms with Crippen molar-refractivity contribution in [2.24, 2.45) is 0 Å². The largest absolute Gasteiger partial charge is 7.00 e. The summed E-state index contributed by atoms with van der Waals surface area (Å²) < 4.78 is 0. The average molecular weight is 801 g/mol. The van der Waals surface area contributed by atoms with Crippen LogP contribution in [0, 0.1) is 39.4 Å². The van der Waals surface area contributed by atoms with E-state index in [2.05, 4.69) is 29.1 Å². The van der Waals surface area contributed by atoms with Gasteiger partial charge in [-0.3, -0.25) is 0 Å². The molecule has 0 heterocycles. The minimum atomic E-state index is 0. The molecule has 0 aliphatic carbocycles. The number of rotatable bonds is 6. The van der Waals surface area contributed by atoms with Crippen LogP contribution in [0.3, 0.4) is 0 Å². The van der Waals surface area contributed by atoms with Crippen molar-refractivity contribution in [2.75, 3.05) is 0 Å². The number of hydrogen-bond donors (Lipinski definition) is 0. The molecule has 0 aliphatic heterocycles. The molecule has 7 heteroatoms. The van der Waals surface area contributed by atoms with Gasteiger partial charge in [-0.05, 0) is 0 Å². The van der Waals surface area contributed by atoms with Crippen LogP contribution in [0.4, 0.5) is 0 Å². The van der Waals surface area contributed by atoms with Crippen molar-refractivity contribution in [1.82, 2.24) is 0 Å². The van der Waals surface area contributed by atoms with Gasteiger partial charge in [0.2, 0.25) is 39.3 Å². The molecule has 0 saturated carbocycles. The van der Waals surface area contributed by atoms with Gasteiger partial charge in [-0.1, -0.05) is 182 Å². The Morgan fingerprint density at radius 1 is 0.218 bits per heavy atom. The van der Waals surface area contributed by atoms with E-state index >= 15 is 0 Å². The van der Waals surface area contributed by atoms with Crippen LogP contribution in [0.25, 0.3) is 29.1 Å². The van der Waals surface area contributed by atoms with E-state index in [9.17, 15) is 0 Å². The molecule has 0 N–H and O–H groups in total. The van der Waals surface area contributed by atoms with E-state index in [1.807, 2.05) is 182 Å². The molecule has 264 valence electrons. The van der Waals surface area contributed by atoms with Crippen LogP contribution < -0.4 is 0 Å². The Labute approximate surface area is 341 Å². The summed E-state index contributed by atoms with van der Waals surface area (Å²) in [4.78, 5) is 19.5. The molecule has 0 spiro atoms. The van der Waals surface area contributed by atoms with Gasteiger partial charge in [-0.15, -0.1) is 0 Å². The molecule has 0 amide bonds. The first kappa shape index (κ1) is 47.9. The maximum absolute atomic E-state index is 6.57. The van der Waals surface area contributed by atoms with Gasteiger partial charge < -0.3 is 29.1 Å². The Morgan fingerprint density at radius 3 is 0.418 bits per heavy atom. The van der Waals surface area contributed by atoms with E-state index in [1.54, 1.807) is 0 Å². The maximum atomic E-state index is 6.57. The van der Waals surface area contributed by atoms with Gasteiger partial charge in [-0.2, -0.15) is 0 Å². The summed E-state index contributed by atoms with van der Waals surface area (Å²) in [6.45, 7) is 42.4. The van der Waals surface area contributed by atoms with Crippen molar-refractivity contribution < 1.29 is 20.1 Å². The molecule has 0 aliphatic rings. The molecule has 6 aromatic carbocycles. The molecule has 0 fully saturated rings. The first-order chi connectivity index (χ1) is 26.6. The zero-order valence-electron chi connectivity index (χ0n) is 30.6. The fraction of sp³-hybridized carbons (Fsp3) is 0.125. The smallest absolute Gasteiger partial charge is 0.312 e. The molecule has 6 aromatic rings. The predicted molar refractivity (Wildman–Crippen MR) is 220 cm³/mol. The van der Waals surface area contributed by atoms with Gasteiger partial charge in [-0.25, -0.2) is 39.4 Å². The van der Waals surface area contributed by atoms with E-state index in [4.69, 9.17) is 39.4 Å². The molecule has 55 heavy (non-hydrogen) atoms. The molecule has 0 atom stereocenters. The Bertz CT molecular complexity index is 1650. The minimum Gasteiger partial charge on any atom is -0.312 e. The summed E-state index contributed by atoms with van der Waals surface area (Å²) in [5.74, 6) is 0. The van der Waals surface area contributed by atoms with Crippen LogP contribution in [-0.4, -0.2) is 0 Å². The fourth-order valence-electron chi connectivity index (χ4n) is 4.05. The summed E-state index contributed by atoms with van der Waals surface area (Å²) in [5, 5.41) is 0. The monoisotopic (exact) mass is 799 g/mol. The third-order valence-electron chi connectivity index (χ3n) is 6.63. The number of nitrogens with zero attached hydrogens (tertiary/aromatic N) is 6. The van der Waals surface area contributed by atoms with Crippen LogP contribution in [-0.2, 0) is 59.4 Å². The van der Waals surface area contributed by atoms with Gasteiger partial charge in [0.05, 0.1) is 0 Å². The molecule has 0 unspecified atom stereocenters. The van der Waals surface area contributed by atoms with E-state index in [0.29, 0.717) is 39.3 Å². The Kier molecular flexibility index (Phi) is 30.8. The van der Waals surface area contributed by atoms with Gasteiger partial charge in [0.1, 0.15) is 0 Å². The quantitative estimate of drug-likeness (QED) is 0.150. The second-order valence-corrected chi connectivity index (χ2v) is 10.8. The minimum absolute atomic E-state index is 0. The summed E-state index contributed by atoms with van der Waals surface area (Å²) in [6.07, 6.45) is 0. The van der Waals surface area contributed by atoms with Gasteiger partial charge in [0.25, 0.3) is 0 Å². The SMILES string of the molecule is [C-]#[N+]Cc1ccccc1.[C-]#[N+]Cc1ccccc1.[C-]#[N+]Cc1ccccc1.[C-]#[N+]Cc1ccccc1.[C-]#[N+]Cc1ccccc1.[C-]#[N+]Cc1ccccc1.[Tc+7]. The standard InChI is InChI=1S/6C8H7N.Tc/c6*1-9-7-8-5-3-2-4-6-8;/h6*2-6H,7H2;/q;;;;;;+7. The predicted octanol–water partition coefficient (Wildman–Crippen LogP) is 12.6. The van der Waals surface area contributed by atoms with E-state index < -0.39 is 0 Å². The van der Waals surface area contributed by atoms with Gasteiger partial charge in [0, 0.05) is 33.4 Å². The van der Waals surface area contributed by atoms with E-state index in [1.165, 1.54) is 0 Å². The molecular formula is C48H42N6Tc+7. The van der Waals surface area contributed by atoms with E-state index in [0.717, 1.165) is 33.4 Å². The molecular weight excluding hydrogens is 759 g/mol. The molecule has 0 bridgehead atoms. The van der Waals surface area contributed by atoms with Gasteiger partial charge >= 0.3 is 20.1 Å². The van der Waals surface area contributed by atoms with Crippen molar-refractivity contribution in [3.8, 4) is 0 Å². The Balaban J connectivity index is 0.000000634. The summed E-state index contributed by atoms with van der Waals surface area (Å²) in [7, 11) is 0. The van der Waals surface area contributed by atoms with Crippen LogP contribution >= 0.6 is 0 Å². The molecule has 0 radical (unpaired) electrons. The van der Waals surface area contributed by atoms with Crippen LogP contribution in [0.5, 0.6) is 0 Å². The van der Waals surface area contributed by atoms with Crippen molar-refractivity contribution in [2.45, 2.75) is 39.3 Å². The molecule has 6 rings (SSSR count). The third kappa shape index (κ3) is 27.3. The first-order valence-electron chi connectivity index (χ1n) is 16.8. The second-order valence-electron chi connectivity index (χ2n) is 10.8. The van der Waals surface area contributed by atoms with Gasteiger partial charge in [0.15, 0.2) is 0 Å². The van der Waals surface area contributed by atoms with Crippen molar-refractivity contribution in [1.29, 1.82) is 0 Å². The zero-order valence-corrected chi connectivity index (χ0v) is 32.5. The molecule has 0 aromatic heterocycles. The van der Waals surface area contributed by atoms with Crippen molar-refractivity contribution in [3.05, 3.63) is 284 Å². The average Bonchev–Trinajstić information content (AvgIpc) is 3.22. The number of benzene rings is 6. The van der Waals surface area contributed by atoms with Crippen LogP contribution in [0.1, 0.15) is 33.4 Å². The zero-order chi connectivity index (χ0) is 39.2. The molecule has 6 nitrogen and oxygen atoms in total. The normalized spacial score (nSPS) is 8.18. The Hall–Kier alpha value is -7.09. The van der Waals surface area contributed by atoms with Crippen LogP contribution in [0.2, 0.25) is 0 Å². The fourth-order valence-corrected chi connectivity index (χ4v) is 4.05. The summed E-state index contributed by atoms with van der Waals surface area (Å²) in [6, 6.07) is 58.5. The number of hydrogen-bond acceptors (Lipinski definition) is 0. The summed E-state index contributed by atoms with van der Waals surface area (Å²) >= 11 is 0. The Morgan fingerprint density at radius 2 is 0.327 bits per heavy atom. The molecule has 0 saturated heterocycles. The van der Waals surface area contributed by atoms with Crippen LogP contribution in [0.15, 0.2) is 182 Å². The topological polar surface area (TPSA) is 26.2 Å². The third-order valence-corrected chi connectivity index (χ3v) is 6.63. The first-order valence-corrected chi connectivity index (χ1v) is 16.8. The van der Waals surface area contributed by atoms with Crippen molar-refractivity contribution >= 4 is 0 Å². The summed E-state index contributed by atoms with van der Waals surface area (Å²) in [5.41, 5.74) is 6.54. The second kappa shape index (κ2) is 35.3. The van der Waals surface area contributed by atoms with E-state index in [-0.39, 0.29) is 20.1 Å².